The summed E-state index contributed by atoms with van der Waals surface area (Å²) in [5.74, 6) is -1.08. The highest BCUT2D eigenvalue weighted by molar-refractivity contribution is 6.01. The lowest BCUT2D eigenvalue weighted by molar-refractivity contribution is -0.133. The van der Waals surface area contributed by atoms with Crippen molar-refractivity contribution in [1.29, 1.82) is 0 Å². The molecule has 4 rings (SSSR count). The van der Waals surface area contributed by atoms with Gasteiger partial charge in [-0.25, -0.2) is 9.18 Å². The zero-order valence-corrected chi connectivity index (χ0v) is 21.6. The first-order valence-corrected chi connectivity index (χ1v) is 12.0. The van der Waals surface area contributed by atoms with E-state index in [0.29, 0.717) is 22.6 Å². The number of nitrogens with zero attached hydrogens (tertiary/aromatic N) is 3. The number of esters is 1. The monoisotopic (exact) mass is 524 g/mol. The van der Waals surface area contributed by atoms with Gasteiger partial charge in [0.1, 0.15) is 17.1 Å². The Hall–Kier alpha value is -4.41. The van der Waals surface area contributed by atoms with E-state index in [2.05, 4.69) is 10.4 Å². The SMILES string of the molecule is CCOC(=O)c1cc2n(n1)C[C@@](C)(C(=O)NCc1ccc(F)cc1)N(Cc1cccc(OC)c1OC)C2=O. The average Bonchev–Trinajstić information content (AvgIpc) is 3.34. The first kappa shape index (κ1) is 26.6. The molecule has 0 spiro atoms. The minimum Gasteiger partial charge on any atom is -0.493 e. The number of carbonyl (C=O) groups is 3. The number of ether oxygens (including phenoxy) is 3. The van der Waals surface area contributed by atoms with E-state index in [0.717, 1.165) is 0 Å². The Balaban J connectivity index is 1.71. The maximum absolute atomic E-state index is 13.8. The fraction of sp³-hybridized carbons (Fsp3) is 0.333. The molecule has 0 saturated heterocycles. The van der Waals surface area contributed by atoms with Crippen LogP contribution in [0.3, 0.4) is 0 Å². The summed E-state index contributed by atoms with van der Waals surface area (Å²) in [5, 5.41) is 7.11. The van der Waals surface area contributed by atoms with Crippen LogP contribution in [0.2, 0.25) is 0 Å². The Morgan fingerprint density at radius 1 is 1.13 bits per heavy atom. The molecule has 38 heavy (non-hydrogen) atoms. The third-order valence-electron chi connectivity index (χ3n) is 6.45. The molecule has 0 aliphatic carbocycles. The molecule has 1 aliphatic rings. The molecule has 0 fully saturated rings. The van der Waals surface area contributed by atoms with Gasteiger partial charge in [-0.1, -0.05) is 24.3 Å². The van der Waals surface area contributed by atoms with Crippen molar-refractivity contribution < 1.29 is 33.0 Å². The van der Waals surface area contributed by atoms with Gasteiger partial charge in [0.25, 0.3) is 5.91 Å². The van der Waals surface area contributed by atoms with Crippen LogP contribution in [0.15, 0.2) is 48.5 Å². The first-order chi connectivity index (χ1) is 18.2. The molecular formula is C27H29FN4O6. The second-order valence-corrected chi connectivity index (χ2v) is 8.92. The van der Waals surface area contributed by atoms with Gasteiger partial charge < -0.3 is 24.4 Å². The van der Waals surface area contributed by atoms with Crippen molar-refractivity contribution in [2.24, 2.45) is 0 Å². The fourth-order valence-electron chi connectivity index (χ4n) is 4.42. The van der Waals surface area contributed by atoms with Gasteiger partial charge in [-0.2, -0.15) is 5.10 Å². The van der Waals surface area contributed by atoms with E-state index in [1.807, 2.05) is 0 Å². The number of benzene rings is 2. The average molecular weight is 525 g/mol. The minimum absolute atomic E-state index is 0.0135. The highest BCUT2D eigenvalue weighted by Gasteiger charge is 2.48. The van der Waals surface area contributed by atoms with Crippen LogP contribution < -0.4 is 14.8 Å². The van der Waals surface area contributed by atoms with E-state index in [-0.39, 0.29) is 43.4 Å². The summed E-state index contributed by atoms with van der Waals surface area (Å²) in [7, 11) is 3.00. The zero-order valence-electron chi connectivity index (χ0n) is 21.6. The molecule has 1 N–H and O–H groups in total. The van der Waals surface area contributed by atoms with Crippen LogP contribution >= 0.6 is 0 Å². The maximum atomic E-state index is 13.8. The summed E-state index contributed by atoms with van der Waals surface area (Å²) in [4.78, 5) is 41.2. The summed E-state index contributed by atoms with van der Waals surface area (Å²) < 4.78 is 30.6. The van der Waals surface area contributed by atoms with Gasteiger partial charge in [-0.3, -0.25) is 14.3 Å². The molecule has 200 valence electrons. The summed E-state index contributed by atoms with van der Waals surface area (Å²) in [6.07, 6.45) is 0. The standard InChI is InChI=1S/C27H29FN4O6/c1-5-38-25(34)20-13-21-24(33)31(15-18-7-6-8-22(36-3)23(18)37-4)27(2,16-32(21)30-20)26(35)29-14-17-9-11-19(28)12-10-17/h6-13H,5,14-16H2,1-4H3,(H,29,35)/t27-/m0/s1. The summed E-state index contributed by atoms with van der Waals surface area (Å²) in [5.41, 5.74) is 0.0342. The fourth-order valence-corrected chi connectivity index (χ4v) is 4.42. The van der Waals surface area contributed by atoms with Crippen LogP contribution in [0, 0.1) is 5.82 Å². The predicted octanol–water partition coefficient (Wildman–Crippen LogP) is 2.95. The lowest BCUT2D eigenvalue weighted by atomic mass is 9.93. The highest BCUT2D eigenvalue weighted by Crippen LogP contribution is 2.35. The van der Waals surface area contributed by atoms with Crippen LogP contribution in [0.25, 0.3) is 0 Å². The number of methoxy groups -OCH3 is 2. The number of para-hydroxylation sites is 1. The molecule has 11 heteroatoms. The molecule has 0 radical (unpaired) electrons. The van der Waals surface area contributed by atoms with Gasteiger partial charge in [-0.05, 0) is 37.6 Å². The Morgan fingerprint density at radius 2 is 1.87 bits per heavy atom. The van der Waals surface area contributed by atoms with Crippen LogP contribution in [0.5, 0.6) is 11.5 Å². The van der Waals surface area contributed by atoms with Gasteiger partial charge >= 0.3 is 5.97 Å². The molecule has 2 aromatic carbocycles. The molecule has 1 atom stereocenters. The Morgan fingerprint density at radius 3 is 2.53 bits per heavy atom. The van der Waals surface area contributed by atoms with Crippen LogP contribution in [-0.4, -0.2) is 58.8 Å². The second kappa shape index (κ2) is 10.9. The lowest BCUT2D eigenvalue weighted by Gasteiger charge is -2.43. The lowest BCUT2D eigenvalue weighted by Crippen LogP contribution is -2.63. The molecule has 0 bridgehead atoms. The Kier molecular flexibility index (Phi) is 7.65. The molecule has 2 amide bonds. The second-order valence-electron chi connectivity index (χ2n) is 8.92. The van der Waals surface area contributed by atoms with Crippen molar-refractivity contribution in [3.05, 3.63) is 76.9 Å². The molecule has 0 saturated carbocycles. The number of hydrogen-bond donors (Lipinski definition) is 1. The summed E-state index contributed by atoms with van der Waals surface area (Å²) >= 11 is 0. The number of carbonyl (C=O) groups excluding carboxylic acids is 3. The quantitative estimate of drug-likeness (QED) is 0.429. The molecule has 1 aliphatic heterocycles. The number of hydrogen-bond acceptors (Lipinski definition) is 7. The number of rotatable bonds is 9. The van der Waals surface area contributed by atoms with Crippen molar-refractivity contribution in [1.82, 2.24) is 20.0 Å². The zero-order chi connectivity index (χ0) is 27.4. The van der Waals surface area contributed by atoms with Crippen LogP contribution in [-0.2, 0) is 29.2 Å². The van der Waals surface area contributed by atoms with Crippen molar-refractivity contribution >= 4 is 17.8 Å². The van der Waals surface area contributed by atoms with Gasteiger partial charge in [0.15, 0.2) is 17.2 Å². The molecular weight excluding hydrogens is 495 g/mol. The van der Waals surface area contributed by atoms with Crippen LogP contribution in [0.1, 0.15) is 46.0 Å². The number of amides is 2. The van der Waals surface area contributed by atoms with Crippen molar-refractivity contribution in [3.63, 3.8) is 0 Å². The highest BCUT2D eigenvalue weighted by atomic mass is 19.1. The number of halogens is 1. The number of nitrogens with one attached hydrogen (secondary N) is 1. The van der Waals surface area contributed by atoms with E-state index < -0.39 is 23.3 Å². The topological polar surface area (TPSA) is 112 Å². The first-order valence-electron chi connectivity index (χ1n) is 12.0. The van der Waals surface area contributed by atoms with Crippen molar-refractivity contribution in [2.75, 3.05) is 20.8 Å². The molecule has 0 unspecified atom stereocenters. The molecule has 10 nitrogen and oxygen atoms in total. The molecule has 3 aromatic rings. The normalized spacial score (nSPS) is 16.6. The molecule has 1 aromatic heterocycles. The summed E-state index contributed by atoms with van der Waals surface area (Å²) in [6.45, 7) is 3.57. The van der Waals surface area contributed by atoms with Crippen molar-refractivity contribution in [3.8, 4) is 11.5 Å². The van der Waals surface area contributed by atoms with Gasteiger partial charge in [-0.15, -0.1) is 0 Å². The minimum atomic E-state index is -1.41. The number of fused-ring (bicyclic) bond motifs is 1. The Labute approximate surface area is 219 Å². The maximum Gasteiger partial charge on any atom is 0.358 e. The largest absolute Gasteiger partial charge is 0.493 e. The smallest absolute Gasteiger partial charge is 0.358 e. The van der Waals surface area contributed by atoms with E-state index in [1.165, 1.54) is 42.0 Å². The predicted molar refractivity (Wildman–Crippen MR) is 134 cm³/mol. The van der Waals surface area contributed by atoms with Gasteiger partial charge in [0.2, 0.25) is 5.91 Å². The third-order valence-corrected chi connectivity index (χ3v) is 6.45. The van der Waals surface area contributed by atoms with Gasteiger partial charge in [0, 0.05) is 18.2 Å². The van der Waals surface area contributed by atoms with Crippen LogP contribution in [0.4, 0.5) is 4.39 Å². The van der Waals surface area contributed by atoms with E-state index in [9.17, 15) is 18.8 Å². The van der Waals surface area contributed by atoms with E-state index in [1.54, 1.807) is 44.2 Å². The summed E-state index contributed by atoms with van der Waals surface area (Å²) in [6, 6.07) is 12.4. The number of aromatic nitrogens is 2. The third kappa shape index (κ3) is 5.04. The van der Waals surface area contributed by atoms with E-state index >= 15 is 0 Å². The molecule has 2 heterocycles. The van der Waals surface area contributed by atoms with Gasteiger partial charge in [0.05, 0.1) is 33.9 Å². The van der Waals surface area contributed by atoms with Crippen molar-refractivity contribution in [2.45, 2.75) is 39.0 Å². The Bertz CT molecular complexity index is 1360. The van der Waals surface area contributed by atoms with E-state index in [4.69, 9.17) is 14.2 Å².